The van der Waals surface area contributed by atoms with E-state index in [1.54, 1.807) is 0 Å². The fourth-order valence-corrected chi connectivity index (χ4v) is 3.56. The maximum atomic E-state index is 13.1. The minimum absolute atomic E-state index is 0.00942. The summed E-state index contributed by atoms with van der Waals surface area (Å²) in [4.78, 5) is 35.1. The highest BCUT2D eigenvalue weighted by Crippen LogP contribution is 2.31. The number of halogens is 3. The van der Waals surface area contributed by atoms with Gasteiger partial charge in [0.05, 0.1) is 6.61 Å². The van der Waals surface area contributed by atoms with Crippen LogP contribution >= 0.6 is 0 Å². The molecule has 10 nitrogen and oxygen atoms in total. The van der Waals surface area contributed by atoms with E-state index in [0.29, 0.717) is 6.61 Å². The van der Waals surface area contributed by atoms with Gasteiger partial charge in [-0.2, -0.15) is 4.98 Å². The summed E-state index contributed by atoms with van der Waals surface area (Å²) in [5.41, 5.74) is 0.0139. The van der Waals surface area contributed by atoms with Crippen molar-refractivity contribution >= 4 is 17.6 Å². The monoisotopic (exact) mass is 484 g/mol. The normalized spacial score (nSPS) is 19.1. The van der Waals surface area contributed by atoms with Crippen LogP contribution in [0.3, 0.4) is 0 Å². The molecule has 0 radical (unpaired) electrons. The number of nitrogens with one attached hydrogen (secondary N) is 1. The predicted molar refractivity (Wildman–Crippen MR) is 111 cm³/mol. The van der Waals surface area contributed by atoms with Crippen LogP contribution < -0.4 is 14.4 Å². The molecule has 1 fully saturated rings. The summed E-state index contributed by atoms with van der Waals surface area (Å²) in [6, 6.07) is 4.67. The van der Waals surface area contributed by atoms with Crippen molar-refractivity contribution in [1.29, 1.82) is 0 Å². The molecule has 2 amide bonds. The molecule has 13 heteroatoms. The molecular weight excluding hydrogens is 461 g/mol. The molecule has 0 aliphatic carbocycles. The molecule has 1 aromatic heterocycles. The van der Waals surface area contributed by atoms with E-state index < -0.39 is 18.0 Å². The van der Waals surface area contributed by atoms with Crippen LogP contribution in [0.4, 0.5) is 19.0 Å². The highest BCUT2D eigenvalue weighted by molar-refractivity contribution is 6.07. The van der Waals surface area contributed by atoms with E-state index >= 15 is 0 Å². The SMILES string of the molecule is CN1C(=O)CN(CCOC2CCCCO2)C(=O)c2[nH]c(Oc3cccc(OC(F)(F)F)c3)nc21. The number of ether oxygens (including phenoxy) is 4. The van der Waals surface area contributed by atoms with Crippen molar-refractivity contribution in [2.75, 3.05) is 38.3 Å². The topological polar surface area (TPSA) is 106 Å². The number of anilines is 1. The Balaban J connectivity index is 1.46. The number of imidazole rings is 1. The van der Waals surface area contributed by atoms with Gasteiger partial charge in [-0.25, -0.2) is 0 Å². The van der Waals surface area contributed by atoms with Crippen LogP contribution in [0.25, 0.3) is 0 Å². The van der Waals surface area contributed by atoms with E-state index in [0.717, 1.165) is 31.4 Å². The zero-order valence-electron chi connectivity index (χ0n) is 18.3. The Hall–Kier alpha value is -3.32. The smallest absolute Gasteiger partial charge is 0.425 e. The number of alkyl halides is 3. The number of likely N-dealkylation sites (N-methyl/N-ethyl adjacent to an activating group) is 1. The minimum atomic E-state index is -4.85. The highest BCUT2D eigenvalue weighted by atomic mass is 19.4. The van der Waals surface area contributed by atoms with Gasteiger partial charge < -0.3 is 28.8 Å². The molecule has 0 saturated carbocycles. The van der Waals surface area contributed by atoms with Gasteiger partial charge in [-0.3, -0.25) is 14.5 Å². The summed E-state index contributed by atoms with van der Waals surface area (Å²) in [7, 11) is 1.47. The lowest BCUT2D eigenvalue weighted by Gasteiger charge is -2.25. The third-order valence-corrected chi connectivity index (χ3v) is 5.24. The molecule has 2 aliphatic rings. The Morgan fingerprint density at radius 3 is 2.76 bits per heavy atom. The molecule has 34 heavy (non-hydrogen) atoms. The molecule has 1 unspecified atom stereocenters. The Bertz CT molecular complexity index is 1040. The zero-order chi connectivity index (χ0) is 24.3. The second kappa shape index (κ2) is 9.89. The summed E-state index contributed by atoms with van der Waals surface area (Å²) in [6.45, 7) is 0.805. The van der Waals surface area contributed by atoms with Gasteiger partial charge in [0, 0.05) is 26.3 Å². The Morgan fingerprint density at radius 2 is 2.03 bits per heavy atom. The summed E-state index contributed by atoms with van der Waals surface area (Å²) >= 11 is 0. The number of rotatable bonds is 7. The van der Waals surface area contributed by atoms with Gasteiger partial charge in [0.2, 0.25) is 5.91 Å². The summed E-state index contributed by atoms with van der Waals surface area (Å²) in [5, 5.41) is 0. The summed E-state index contributed by atoms with van der Waals surface area (Å²) in [5.74, 6) is -1.30. The molecule has 1 aromatic carbocycles. The van der Waals surface area contributed by atoms with Gasteiger partial charge in [-0.05, 0) is 31.4 Å². The number of carbonyl (C=O) groups excluding carboxylic acids is 2. The van der Waals surface area contributed by atoms with Gasteiger partial charge in [-0.15, -0.1) is 13.2 Å². The fourth-order valence-electron chi connectivity index (χ4n) is 3.56. The van der Waals surface area contributed by atoms with Gasteiger partial charge in [0.15, 0.2) is 17.8 Å². The Morgan fingerprint density at radius 1 is 1.24 bits per heavy atom. The number of hydrogen-bond donors (Lipinski definition) is 1. The number of aromatic amines is 1. The maximum Gasteiger partial charge on any atom is 0.573 e. The van der Waals surface area contributed by atoms with Crippen molar-refractivity contribution in [3.8, 4) is 17.5 Å². The molecule has 1 N–H and O–H groups in total. The second-order valence-corrected chi connectivity index (χ2v) is 7.71. The number of carbonyl (C=O) groups is 2. The quantitative estimate of drug-likeness (QED) is 0.644. The lowest BCUT2D eigenvalue weighted by Crippen LogP contribution is -2.40. The first-order valence-corrected chi connectivity index (χ1v) is 10.6. The third kappa shape index (κ3) is 5.78. The van der Waals surface area contributed by atoms with Crippen LogP contribution in [0.5, 0.6) is 17.5 Å². The van der Waals surface area contributed by atoms with Crippen molar-refractivity contribution in [2.24, 2.45) is 0 Å². The molecule has 4 rings (SSSR count). The molecule has 3 heterocycles. The number of aromatic nitrogens is 2. The number of benzene rings is 1. The summed E-state index contributed by atoms with van der Waals surface area (Å²) < 4.78 is 58.0. The lowest BCUT2D eigenvalue weighted by atomic mass is 10.2. The average Bonchev–Trinajstić information content (AvgIpc) is 3.17. The van der Waals surface area contributed by atoms with Crippen molar-refractivity contribution in [3.63, 3.8) is 0 Å². The molecule has 2 aliphatic heterocycles. The number of fused-ring (bicyclic) bond motifs is 1. The molecule has 1 saturated heterocycles. The largest absolute Gasteiger partial charge is 0.573 e. The van der Waals surface area contributed by atoms with E-state index in [-0.39, 0.29) is 55.2 Å². The van der Waals surface area contributed by atoms with E-state index in [1.807, 2.05) is 0 Å². The van der Waals surface area contributed by atoms with E-state index in [9.17, 15) is 22.8 Å². The number of H-pyrrole nitrogens is 1. The van der Waals surface area contributed by atoms with Crippen LogP contribution in [-0.2, 0) is 14.3 Å². The first kappa shape index (κ1) is 23.8. The summed E-state index contributed by atoms with van der Waals surface area (Å²) in [6.07, 6.45) is -2.42. The van der Waals surface area contributed by atoms with Gasteiger partial charge in [0.1, 0.15) is 18.0 Å². The van der Waals surface area contributed by atoms with Gasteiger partial charge in [-0.1, -0.05) is 6.07 Å². The van der Waals surface area contributed by atoms with Gasteiger partial charge in [0.25, 0.3) is 5.91 Å². The van der Waals surface area contributed by atoms with Gasteiger partial charge >= 0.3 is 12.4 Å². The molecule has 0 spiro atoms. The lowest BCUT2D eigenvalue weighted by molar-refractivity contribution is -0.274. The third-order valence-electron chi connectivity index (χ3n) is 5.24. The van der Waals surface area contributed by atoms with E-state index in [1.165, 1.54) is 29.0 Å². The van der Waals surface area contributed by atoms with Crippen LogP contribution in [0.2, 0.25) is 0 Å². The van der Waals surface area contributed by atoms with E-state index in [2.05, 4.69) is 14.7 Å². The zero-order valence-corrected chi connectivity index (χ0v) is 18.3. The molecule has 1 atom stereocenters. The molecule has 2 aromatic rings. The Labute approximate surface area is 192 Å². The van der Waals surface area contributed by atoms with Crippen molar-refractivity contribution < 1.29 is 41.7 Å². The first-order chi connectivity index (χ1) is 16.2. The van der Waals surface area contributed by atoms with Crippen molar-refractivity contribution in [3.05, 3.63) is 30.0 Å². The maximum absolute atomic E-state index is 13.1. The van der Waals surface area contributed by atoms with Crippen molar-refractivity contribution in [1.82, 2.24) is 14.9 Å². The fraction of sp³-hybridized carbons (Fsp3) is 0.476. The first-order valence-electron chi connectivity index (χ1n) is 10.6. The van der Waals surface area contributed by atoms with Crippen LogP contribution in [-0.4, -0.2) is 72.7 Å². The highest BCUT2D eigenvalue weighted by Gasteiger charge is 2.34. The molecule has 184 valence electrons. The number of hydrogen-bond acceptors (Lipinski definition) is 7. The molecule has 0 bridgehead atoms. The minimum Gasteiger partial charge on any atom is -0.425 e. The van der Waals surface area contributed by atoms with Crippen LogP contribution in [0.15, 0.2) is 24.3 Å². The number of amides is 2. The van der Waals surface area contributed by atoms with E-state index in [4.69, 9.17) is 14.2 Å². The van der Waals surface area contributed by atoms with Crippen LogP contribution in [0.1, 0.15) is 29.8 Å². The van der Waals surface area contributed by atoms with Crippen molar-refractivity contribution in [2.45, 2.75) is 31.9 Å². The number of nitrogens with zero attached hydrogens (tertiary/aromatic N) is 3. The predicted octanol–water partition coefficient (Wildman–Crippen LogP) is 3.06. The Kier molecular flexibility index (Phi) is 6.93. The second-order valence-electron chi connectivity index (χ2n) is 7.71. The standard InChI is InChI=1S/C21H23F3N4O6/c1-27-15(29)12-28(8-10-32-16-7-2-3-9-31-16)19(30)17-18(27)26-20(25-17)33-13-5-4-6-14(11-13)34-21(22,23)24/h4-6,11,16H,2-3,7-10,12H2,1H3,(H,25,26). The molecular formula is C21H23F3N4O6. The average molecular weight is 484 g/mol. The van der Waals surface area contributed by atoms with Crippen LogP contribution in [0, 0.1) is 0 Å².